The van der Waals surface area contributed by atoms with E-state index < -0.39 is 0 Å². The topological polar surface area (TPSA) is 52.3 Å². The SMILES string of the molecule is CCC(=O)Oc1cccc(CN)c1. The summed E-state index contributed by atoms with van der Waals surface area (Å²) in [5, 5.41) is 0. The van der Waals surface area contributed by atoms with Gasteiger partial charge >= 0.3 is 5.97 Å². The van der Waals surface area contributed by atoms with Crippen molar-refractivity contribution in [2.75, 3.05) is 0 Å². The summed E-state index contributed by atoms with van der Waals surface area (Å²) in [6.07, 6.45) is 0.382. The number of nitrogens with two attached hydrogens (primary N) is 1. The zero-order chi connectivity index (χ0) is 9.68. The molecule has 0 aliphatic heterocycles. The second kappa shape index (κ2) is 4.62. The molecule has 0 aliphatic carbocycles. The van der Waals surface area contributed by atoms with Crippen molar-refractivity contribution in [3.63, 3.8) is 0 Å². The molecule has 0 bridgehead atoms. The molecule has 0 atom stereocenters. The van der Waals surface area contributed by atoms with Crippen LogP contribution < -0.4 is 10.5 Å². The number of carbonyl (C=O) groups is 1. The van der Waals surface area contributed by atoms with Crippen LogP contribution in [0.5, 0.6) is 5.75 Å². The Balaban J connectivity index is 2.71. The monoisotopic (exact) mass is 179 g/mol. The molecular weight excluding hydrogens is 166 g/mol. The average molecular weight is 179 g/mol. The van der Waals surface area contributed by atoms with E-state index in [1.54, 1.807) is 19.1 Å². The van der Waals surface area contributed by atoms with Crippen molar-refractivity contribution in [1.82, 2.24) is 0 Å². The maximum Gasteiger partial charge on any atom is 0.310 e. The van der Waals surface area contributed by atoms with Crippen LogP contribution in [0.4, 0.5) is 0 Å². The Hall–Kier alpha value is -1.35. The van der Waals surface area contributed by atoms with Gasteiger partial charge in [-0.3, -0.25) is 4.79 Å². The first-order valence-corrected chi connectivity index (χ1v) is 4.26. The van der Waals surface area contributed by atoms with Gasteiger partial charge in [-0.05, 0) is 17.7 Å². The zero-order valence-electron chi connectivity index (χ0n) is 7.62. The van der Waals surface area contributed by atoms with E-state index in [1.807, 2.05) is 12.1 Å². The number of carbonyl (C=O) groups excluding carboxylic acids is 1. The highest BCUT2D eigenvalue weighted by Crippen LogP contribution is 2.13. The molecule has 0 spiro atoms. The van der Waals surface area contributed by atoms with E-state index in [2.05, 4.69) is 0 Å². The van der Waals surface area contributed by atoms with Gasteiger partial charge in [0.1, 0.15) is 5.75 Å². The predicted octanol–water partition coefficient (Wildman–Crippen LogP) is 1.46. The lowest BCUT2D eigenvalue weighted by molar-refractivity contribution is -0.134. The van der Waals surface area contributed by atoms with Crippen LogP contribution in [0.15, 0.2) is 24.3 Å². The second-order valence-electron chi connectivity index (χ2n) is 2.68. The molecule has 1 rings (SSSR count). The van der Waals surface area contributed by atoms with E-state index in [1.165, 1.54) is 0 Å². The van der Waals surface area contributed by atoms with E-state index in [4.69, 9.17) is 10.5 Å². The molecule has 3 heteroatoms. The Morgan fingerprint density at radius 3 is 2.92 bits per heavy atom. The fourth-order valence-corrected chi connectivity index (χ4v) is 0.940. The van der Waals surface area contributed by atoms with Crippen LogP contribution in [0.1, 0.15) is 18.9 Å². The van der Waals surface area contributed by atoms with Gasteiger partial charge in [0, 0.05) is 13.0 Å². The third-order valence-corrected chi connectivity index (χ3v) is 1.65. The first kappa shape index (κ1) is 9.74. The van der Waals surface area contributed by atoms with Crippen LogP contribution in [0, 0.1) is 0 Å². The number of benzene rings is 1. The summed E-state index contributed by atoms with van der Waals surface area (Å²) in [6.45, 7) is 2.21. The van der Waals surface area contributed by atoms with Crippen molar-refractivity contribution in [3.05, 3.63) is 29.8 Å². The van der Waals surface area contributed by atoms with Gasteiger partial charge in [-0.1, -0.05) is 19.1 Å². The van der Waals surface area contributed by atoms with E-state index >= 15 is 0 Å². The average Bonchev–Trinajstić information content (AvgIpc) is 2.18. The Kier molecular flexibility index (Phi) is 3.46. The van der Waals surface area contributed by atoms with E-state index in [9.17, 15) is 4.79 Å². The first-order valence-electron chi connectivity index (χ1n) is 4.26. The van der Waals surface area contributed by atoms with Gasteiger partial charge in [0.2, 0.25) is 0 Å². The van der Waals surface area contributed by atoms with Gasteiger partial charge in [0.15, 0.2) is 0 Å². The minimum absolute atomic E-state index is 0.228. The summed E-state index contributed by atoms with van der Waals surface area (Å²) in [5.41, 5.74) is 6.40. The van der Waals surface area contributed by atoms with Crippen molar-refractivity contribution in [3.8, 4) is 5.75 Å². The maximum atomic E-state index is 10.9. The molecule has 1 aromatic rings. The van der Waals surface area contributed by atoms with Gasteiger partial charge in [0.25, 0.3) is 0 Å². The van der Waals surface area contributed by atoms with Crippen molar-refractivity contribution in [1.29, 1.82) is 0 Å². The van der Waals surface area contributed by atoms with Crippen LogP contribution in [-0.2, 0) is 11.3 Å². The summed E-state index contributed by atoms with van der Waals surface area (Å²) >= 11 is 0. The predicted molar refractivity (Wildman–Crippen MR) is 50.3 cm³/mol. The van der Waals surface area contributed by atoms with E-state index in [-0.39, 0.29) is 5.97 Å². The summed E-state index contributed by atoms with van der Waals surface area (Å²) in [6, 6.07) is 7.23. The molecule has 0 amide bonds. The summed E-state index contributed by atoms with van der Waals surface area (Å²) in [4.78, 5) is 10.9. The molecule has 2 N–H and O–H groups in total. The van der Waals surface area contributed by atoms with Crippen LogP contribution >= 0.6 is 0 Å². The van der Waals surface area contributed by atoms with Gasteiger partial charge in [-0.2, -0.15) is 0 Å². The van der Waals surface area contributed by atoms with Crippen LogP contribution in [0.25, 0.3) is 0 Å². The highest BCUT2D eigenvalue weighted by atomic mass is 16.5. The molecule has 70 valence electrons. The Bertz CT molecular complexity index is 297. The number of rotatable bonds is 3. The highest BCUT2D eigenvalue weighted by molar-refractivity contribution is 5.71. The number of hydrogen-bond donors (Lipinski definition) is 1. The molecule has 0 aliphatic rings. The molecule has 1 aromatic carbocycles. The fourth-order valence-electron chi connectivity index (χ4n) is 0.940. The van der Waals surface area contributed by atoms with Gasteiger partial charge in [-0.25, -0.2) is 0 Å². The Morgan fingerprint density at radius 1 is 1.54 bits per heavy atom. The third kappa shape index (κ3) is 2.87. The van der Waals surface area contributed by atoms with E-state index in [0.717, 1.165) is 5.56 Å². The summed E-state index contributed by atoms with van der Waals surface area (Å²) in [7, 11) is 0. The van der Waals surface area contributed by atoms with Crippen LogP contribution in [0.3, 0.4) is 0 Å². The molecule has 0 heterocycles. The smallest absolute Gasteiger partial charge is 0.310 e. The highest BCUT2D eigenvalue weighted by Gasteiger charge is 2.01. The lowest BCUT2D eigenvalue weighted by Gasteiger charge is -2.03. The molecular formula is C10H13NO2. The quantitative estimate of drug-likeness (QED) is 0.564. The van der Waals surface area contributed by atoms with Gasteiger partial charge in [-0.15, -0.1) is 0 Å². The summed E-state index contributed by atoms with van der Waals surface area (Å²) < 4.78 is 5.01. The molecule has 0 radical (unpaired) electrons. The number of esters is 1. The normalized spacial score (nSPS) is 9.69. The Morgan fingerprint density at radius 2 is 2.31 bits per heavy atom. The molecule has 0 aromatic heterocycles. The minimum Gasteiger partial charge on any atom is -0.427 e. The summed E-state index contributed by atoms with van der Waals surface area (Å²) in [5.74, 6) is 0.337. The second-order valence-corrected chi connectivity index (χ2v) is 2.68. The molecule has 0 saturated heterocycles. The van der Waals surface area contributed by atoms with Crippen LogP contribution in [0.2, 0.25) is 0 Å². The van der Waals surface area contributed by atoms with Gasteiger partial charge < -0.3 is 10.5 Å². The lowest BCUT2D eigenvalue weighted by atomic mass is 10.2. The van der Waals surface area contributed by atoms with Crippen LogP contribution in [-0.4, -0.2) is 5.97 Å². The lowest BCUT2D eigenvalue weighted by Crippen LogP contribution is -2.06. The van der Waals surface area contributed by atoms with E-state index in [0.29, 0.717) is 18.7 Å². The molecule has 3 nitrogen and oxygen atoms in total. The Labute approximate surface area is 77.5 Å². The molecule has 0 unspecified atom stereocenters. The molecule has 0 fully saturated rings. The third-order valence-electron chi connectivity index (χ3n) is 1.65. The molecule has 13 heavy (non-hydrogen) atoms. The van der Waals surface area contributed by atoms with Crippen molar-refractivity contribution < 1.29 is 9.53 Å². The van der Waals surface area contributed by atoms with Crippen molar-refractivity contribution in [2.45, 2.75) is 19.9 Å². The first-order chi connectivity index (χ1) is 6.26. The maximum absolute atomic E-state index is 10.9. The minimum atomic E-state index is -0.228. The van der Waals surface area contributed by atoms with Crippen molar-refractivity contribution >= 4 is 5.97 Å². The van der Waals surface area contributed by atoms with Crippen molar-refractivity contribution in [2.24, 2.45) is 5.73 Å². The zero-order valence-corrected chi connectivity index (χ0v) is 7.62. The standard InChI is InChI=1S/C10H13NO2/c1-2-10(12)13-9-5-3-4-8(6-9)7-11/h3-6H,2,7,11H2,1H3. The van der Waals surface area contributed by atoms with Gasteiger partial charge in [0.05, 0.1) is 0 Å². The largest absolute Gasteiger partial charge is 0.427 e. The fraction of sp³-hybridized carbons (Fsp3) is 0.300. The number of hydrogen-bond acceptors (Lipinski definition) is 3. The molecule has 0 saturated carbocycles. The number of ether oxygens (including phenoxy) is 1.